The first-order valence-electron chi connectivity index (χ1n) is 11.9. The van der Waals surface area contributed by atoms with Crippen molar-refractivity contribution in [3.05, 3.63) is 82.4 Å². The zero-order valence-electron chi connectivity index (χ0n) is 20.4. The number of amides is 1. The Hall–Kier alpha value is -4.33. The van der Waals surface area contributed by atoms with Gasteiger partial charge in [-0.05, 0) is 83.6 Å². The van der Waals surface area contributed by atoms with Gasteiger partial charge in [-0.25, -0.2) is 4.79 Å². The quantitative estimate of drug-likeness (QED) is 0.267. The maximum absolute atomic E-state index is 12.7. The van der Waals surface area contributed by atoms with Gasteiger partial charge in [-0.3, -0.25) is 10.2 Å². The van der Waals surface area contributed by atoms with Crippen LogP contribution < -0.4 is 20.7 Å². The van der Waals surface area contributed by atoms with Crippen molar-refractivity contribution < 1.29 is 19.4 Å². The fourth-order valence-corrected chi connectivity index (χ4v) is 4.52. The molecule has 186 valence electrons. The number of carboxylic acid groups (broad SMARTS) is 1. The summed E-state index contributed by atoms with van der Waals surface area (Å²) in [6, 6.07) is 16.2. The van der Waals surface area contributed by atoms with Crippen LogP contribution in [0.25, 0.3) is 11.1 Å². The summed E-state index contributed by atoms with van der Waals surface area (Å²) in [5, 5.41) is 20.5. The standard InChI is InChI=1S/C28H30N4O4/c1-3-11-31-27(33)19-4-5-20(16-32-12-10-17-13-18(26(29)30)6-9-25(17)32)23(14-19)22-8-7-21(36-2)15-24(22)28(34)35/h4-9,13-15H,3,10-12,16H2,1-2H3,(H3,29,30)(H,31,33)(H,34,35). The number of anilines is 1. The number of hydrogen-bond acceptors (Lipinski definition) is 5. The number of methoxy groups -OCH3 is 1. The minimum Gasteiger partial charge on any atom is -0.497 e. The van der Waals surface area contributed by atoms with E-state index in [1.165, 1.54) is 13.2 Å². The van der Waals surface area contributed by atoms with Crippen LogP contribution in [0.5, 0.6) is 5.75 Å². The number of amidine groups is 1. The molecule has 3 aromatic rings. The van der Waals surface area contributed by atoms with Crippen LogP contribution in [0, 0.1) is 5.41 Å². The van der Waals surface area contributed by atoms with Crippen LogP contribution in [-0.4, -0.2) is 43.0 Å². The van der Waals surface area contributed by atoms with E-state index in [1.54, 1.807) is 24.3 Å². The molecule has 1 aliphatic rings. The highest BCUT2D eigenvalue weighted by atomic mass is 16.5. The highest BCUT2D eigenvalue weighted by Crippen LogP contribution is 2.35. The van der Waals surface area contributed by atoms with E-state index in [1.807, 2.05) is 31.2 Å². The molecule has 8 nitrogen and oxygen atoms in total. The lowest BCUT2D eigenvalue weighted by molar-refractivity contribution is 0.0697. The number of ether oxygens (including phenoxy) is 1. The van der Waals surface area contributed by atoms with Crippen molar-refractivity contribution in [3.63, 3.8) is 0 Å². The number of benzene rings is 3. The number of carboxylic acids is 1. The van der Waals surface area contributed by atoms with Crippen molar-refractivity contribution in [1.29, 1.82) is 5.41 Å². The lowest BCUT2D eigenvalue weighted by atomic mass is 9.92. The minimum atomic E-state index is -1.07. The SMILES string of the molecule is CCCNC(=O)c1ccc(CN2CCc3cc(C(=N)N)ccc32)c(-c2ccc(OC)cc2C(=O)O)c1. The van der Waals surface area contributed by atoms with Crippen molar-refractivity contribution in [3.8, 4) is 16.9 Å². The summed E-state index contributed by atoms with van der Waals surface area (Å²) in [6.45, 7) is 3.86. The van der Waals surface area contributed by atoms with Crippen LogP contribution in [0.1, 0.15) is 50.8 Å². The Bertz CT molecular complexity index is 1340. The van der Waals surface area contributed by atoms with Crippen LogP contribution in [0.15, 0.2) is 54.6 Å². The molecule has 8 heteroatoms. The molecule has 0 saturated carbocycles. The third-order valence-corrected chi connectivity index (χ3v) is 6.40. The van der Waals surface area contributed by atoms with Gasteiger partial charge < -0.3 is 25.8 Å². The van der Waals surface area contributed by atoms with E-state index in [0.717, 1.165) is 36.2 Å². The molecule has 0 aromatic heterocycles. The topological polar surface area (TPSA) is 129 Å². The lowest BCUT2D eigenvalue weighted by Gasteiger charge is -2.23. The average Bonchev–Trinajstić information content (AvgIpc) is 3.28. The number of carbonyl (C=O) groups is 2. The van der Waals surface area contributed by atoms with Crippen LogP contribution in [-0.2, 0) is 13.0 Å². The molecular formula is C28H30N4O4. The van der Waals surface area contributed by atoms with Crippen LogP contribution >= 0.6 is 0 Å². The van der Waals surface area contributed by atoms with Gasteiger partial charge in [0.15, 0.2) is 0 Å². The smallest absolute Gasteiger partial charge is 0.336 e. The largest absolute Gasteiger partial charge is 0.497 e. The fraction of sp³-hybridized carbons (Fsp3) is 0.250. The van der Waals surface area contributed by atoms with Gasteiger partial charge in [-0.2, -0.15) is 0 Å². The number of hydrogen-bond donors (Lipinski definition) is 4. The zero-order chi connectivity index (χ0) is 25.8. The van der Waals surface area contributed by atoms with Crippen molar-refractivity contribution in [2.45, 2.75) is 26.3 Å². The molecule has 5 N–H and O–H groups in total. The first kappa shape index (κ1) is 24.8. The molecule has 0 spiro atoms. The average molecular weight is 487 g/mol. The summed E-state index contributed by atoms with van der Waals surface area (Å²) >= 11 is 0. The normalized spacial score (nSPS) is 12.2. The maximum Gasteiger partial charge on any atom is 0.336 e. The third-order valence-electron chi connectivity index (χ3n) is 6.40. The molecule has 0 radical (unpaired) electrons. The van der Waals surface area contributed by atoms with Gasteiger partial charge in [0.2, 0.25) is 0 Å². The number of nitrogen functional groups attached to an aromatic ring is 1. The molecule has 3 aromatic carbocycles. The molecule has 0 unspecified atom stereocenters. The Morgan fingerprint density at radius 2 is 1.86 bits per heavy atom. The summed E-state index contributed by atoms with van der Waals surface area (Å²) in [4.78, 5) is 27.1. The Morgan fingerprint density at radius 3 is 2.56 bits per heavy atom. The van der Waals surface area contributed by atoms with E-state index in [2.05, 4.69) is 10.2 Å². The summed E-state index contributed by atoms with van der Waals surface area (Å²) < 4.78 is 5.25. The van der Waals surface area contributed by atoms with E-state index in [0.29, 0.717) is 41.1 Å². The maximum atomic E-state index is 12.7. The molecule has 36 heavy (non-hydrogen) atoms. The van der Waals surface area contributed by atoms with E-state index >= 15 is 0 Å². The number of nitrogens with one attached hydrogen (secondary N) is 2. The Kier molecular flexibility index (Phi) is 7.24. The monoisotopic (exact) mass is 486 g/mol. The molecule has 0 atom stereocenters. The predicted octanol–water partition coefficient (Wildman–Crippen LogP) is 4.05. The van der Waals surface area contributed by atoms with Gasteiger partial charge in [0.25, 0.3) is 5.91 Å². The number of rotatable bonds is 9. The molecule has 0 bridgehead atoms. The Balaban J connectivity index is 1.77. The van der Waals surface area contributed by atoms with Crippen molar-refractivity contribution in [2.75, 3.05) is 25.1 Å². The third kappa shape index (κ3) is 5.02. The first-order valence-corrected chi connectivity index (χ1v) is 11.9. The lowest BCUT2D eigenvalue weighted by Crippen LogP contribution is -2.24. The van der Waals surface area contributed by atoms with Crippen LogP contribution in [0.4, 0.5) is 5.69 Å². The van der Waals surface area contributed by atoms with E-state index in [9.17, 15) is 14.7 Å². The fourth-order valence-electron chi connectivity index (χ4n) is 4.52. The van der Waals surface area contributed by atoms with Gasteiger partial charge in [-0.1, -0.05) is 13.0 Å². The first-order chi connectivity index (χ1) is 17.3. The van der Waals surface area contributed by atoms with Gasteiger partial charge >= 0.3 is 5.97 Å². The van der Waals surface area contributed by atoms with Gasteiger partial charge in [-0.15, -0.1) is 0 Å². The van der Waals surface area contributed by atoms with Crippen LogP contribution in [0.2, 0.25) is 0 Å². The summed E-state index contributed by atoms with van der Waals surface area (Å²) in [5.74, 6) is -0.780. The number of carbonyl (C=O) groups excluding carboxylic acids is 1. The van der Waals surface area contributed by atoms with Crippen LogP contribution in [0.3, 0.4) is 0 Å². The summed E-state index contributed by atoms with van der Waals surface area (Å²) in [6.07, 6.45) is 1.64. The molecule has 1 heterocycles. The number of aromatic carboxylic acids is 1. The van der Waals surface area contributed by atoms with Gasteiger partial charge in [0.1, 0.15) is 11.6 Å². The minimum absolute atomic E-state index is 0.0381. The van der Waals surface area contributed by atoms with E-state index in [4.69, 9.17) is 15.9 Å². The highest BCUT2D eigenvalue weighted by Gasteiger charge is 2.23. The second-order valence-electron chi connectivity index (χ2n) is 8.77. The van der Waals surface area contributed by atoms with E-state index < -0.39 is 5.97 Å². The predicted molar refractivity (Wildman–Crippen MR) is 140 cm³/mol. The van der Waals surface area contributed by atoms with Crippen molar-refractivity contribution >= 4 is 23.4 Å². The number of fused-ring (bicyclic) bond motifs is 1. The second-order valence-corrected chi connectivity index (χ2v) is 8.77. The summed E-state index contributed by atoms with van der Waals surface area (Å²) in [7, 11) is 1.49. The summed E-state index contributed by atoms with van der Waals surface area (Å²) in [5.41, 5.74) is 11.2. The second kappa shape index (κ2) is 10.5. The van der Waals surface area contributed by atoms with Gasteiger partial charge in [0.05, 0.1) is 12.7 Å². The molecule has 0 saturated heterocycles. The molecule has 0 fully saturated rings. The highest BCUT2D eigenvalue weighted by molar-refractivity contribution is 6.00. The molecule has 1 amide bonds. The Morgan fingerprint density at radius 1 is 1.08 bits per heavy atom. The van der Waals surface area contributed by atoms with Gasteiger partial charge in [0, 0.05) is 36.4 Å². The Labute approximate surface area is 210 Å². The number of nitrogens with two attached hydrogens (primary N) is 1. The molecule has 4 rings (SSSR count). The molecule has 1 aliphatic heterocycles. The van der Waals surface area contributed by atoms with Crippen molar-refractivity contribution in [2.24, 2.45) is 5.73 Å². The molecular weight excluding hydrogens is 456 g/mol. The van der Waals surface area contributed by atoms with E-state index in [-0.39, 0.29) is 17.3 Å². The number of nitrogens with zero attached hydrogens (tertiary/aromatic N) is 1. The van der Waals surface area contributed by atoms with Crippen molar-refractivity contribution in [1.82, 2.24) is 5.32 Å². The molecule has 0 aliphatic carbocycles. The zero-order valence-corrected chi connectivity index (χ0v) is 20.4.